The van der Waals surface area contributed by atoms with Crippen molar-refractivity contribution in [3.05, 3.63) is 0 Å². The molecule has 0 amide bonds. The van der Waals surface area contributed by atoms with Crippen LogP contribution in [-0.4, -0.2) is 10.8 Å². The molecule has 0 heterocycles. The maximum atomic E-state index is 11.5. The van der Waals surface area contributed by atoms with Crippen molar-refractivity contribution in [3.8, 4) is 0 Å². The predicted molar refractivity (Wildman–Crippen MR) is 26.1 cm³/mol. The summed E-state index contributed by atoms with van der Waals surface area (Å²) >= 11 is 9.27. The number of halogens is 4. The van der Waals surface area contributed by atoms with E-state index in [1.807, 2.05) is 0 Å². The first-order valence-electron chi connectivity index (χ1n) is 1.65. The summed E-state index contributed by atoms with van der Waals surface area (Å²) in [6.07, 6.45) is 0. The second kappa shape index (κ2) is 2.14. The van der Waals surface area contributed by atoms with Crippen molar-refractivity contribution in [2.45, 2.75) is 17.7 Å². The molecule has 44 valence electrons. The van der Waals surface area contributed by atoms with Crippen LogP contribution in [0.3, 0.4) is 0 Å². The minimum atomic E-state index is -3.26. The Morgan fingerprint density at radius 1 is 1.57 bits per heavy atom. The molecule has 0 aromatic carbocycles. The van der Waals surface area contributed by atoms with Crippen LogP contribution in [0.4, 0.5) is 8.78 Å². The molecule has 0 spiro atoms. The van der Waals surface area contributed by atoms with Crippen LogP contribution in [0.5, 0.6) is 0 Å². The Kier molecular flexibility index (Phi) is 2.27. The zero-order valence-corrected chi connectivity index (χ0v) is 5.10. The van der Waals surface area contributed by atoms with Crippen LogP contribution in [0.15, 0.2) is 0 Å². The Bertz CT molecular complexity index is 56.4. The van der Waals surface area contributed by atoms with Gasteiger partial charge in [0.25, 0.3) is 0 Å². The van der Waals surface area contributed by atoms with E-state index >= 15 is 0 Å². The minimum absolute atomic E-state index is 1.13. The molecule has 0 aromatic heterocycles. The van der Waals surface area contributed by atoms with E-state index in [0.717, 1.165) is 6.92 Å². The van der Waals surface area contributed by atoms with Crippen LogP contribution in [0.1, 0.15) is 6.92 Å². The minimum Gasteiger partial charge on any atom is -0.187 e. The molecule has 4 heteroatoms. The molecule has 0 nitrogen and oxygen atoms in total. The summed E-state index contributed by atoms with van der Waals surface area (Å²) in [5.74, 6) is 0. The van der Waals surface area contributed by atoms with Gasteiger partial charge in [-0.05, 0) is 18.5 Å². The van der Waals surface area contributed by atoms with Gasteiger partial charge in [0.2, 0.25) is 0 Å². The monoisotopic (exact) mass is 148 g/mol. The second-order valence-corrected chi connectivity index (χ2v) is 2.32. The normalized spacial score (nSPS) is 16.7. The van der Waals surface area contributed by atoms with Gasteiger partial charge in [-0.2, -0.15) is 8.78 Å². The molecule has 0 bridgehead atoms. The van der Waals surface area contributed by atoms with Gasteiger partial charge in [-0.25, -0.2) is 0 Å². The molecular formula is C3H4Cl2F2. The largest absolute Gasteiger partial charge is 0.337 e. The van der Waals surface area contributed by atoms with Crippen molar-refractivity contribution < 1.29 is 8.78 Å². The Balaban J connectivity index is 3.54. The zero-order chi connectivity index (χ0) is 6.08. The fourth-order valence-electron chi connectivity index (χ4n) is 0. The first-order chi connectivity index (χ1) is 2.94. The van der Waals surface area contributed by atoms with Crippen molar-refractivity contribution in [2.75, 3.05) is 0 Å². The van der Waals surface area contributed by atoms with E-state index in [1.165, 1.54) is 0 Å². The summed E-state index contributed by atoms with van der Waals surface area (Å²) in [5, 5.41) is -4.56. The molecule has 0 fully saturated rings. The van der Waals surface area contributed by atoms with E-state index < -0.39 is 10.8 Å². The van der Waals surface area contributed by atoms with Crippen molar-refractivity contribution >= 4 is 23.2 Å². The van der Waals surface area contributed by atoms with Crippen LogP contribution in [-0.2, 0) is 0 Å². The summed E-state index contributed by atoms with van der Waals surface area (Å²) in [6, 6.07) is 0. The molecule has 0 aliphatic rings. The molecule has 0 radical (unpaired) electrons. The molecular weight excluding hydrogens is 145 g/mol. The molecule has 0 N–H and O–H groups in total. The fourth-order valence-corrected chi connectivity index (χ4v) is 0. The lowest BCUT2D eigenvalue weighted by Gasteiger charge is -2.07. The summed E-state index contributed by atoms with van der Waals surface area (Å²) in [6.45, 7) is 1.13. The van der Waals surface area contributed by atoms with Crippen molar-refractivity contribution in [2.24, 2.45) is 0 Å². The van der Waals surface area contributed by atoms with Gasteiger partial charge in [0, 0.05) is 0 Å². The van der Waals surface area contributed by atoms with Crippen LogP contribution in [0, 0.1) is 0 Å². The molecule has 1 unspecified atom stereocenters. The highest BCUT2D eigenvalue weighted by Gasteiger charge is 2.31. The van der Waals surface area contributed by atoms with Crippen LogP contribution in [0.2, 0.25) is 0 Å². The van der Waals surface area contributed by atoms with E-state index in [1.54, 1.807) is 0 Å². The molecule has 7 heavy (non-hydrogen) atoms. The number of rotatable bonds is 1. The maximum Gasteiger partial charge on any atom is 0.337 e. The van der Waals surface area contributed by atoms with Gasteiger partial charge in [-0.3, -0.25) is 0 Å². The molecule has 0 aromatic rings. The molecule has 1 atom stereocenters. The zero-order valence-electron chi connectivity index (χ0n) is 3.59. The summed E-state index contributed by atoms with van der Waals surface area (Å²) in [7, 11) is 0. The average Bonchev–Trinajstić information content (AvgIpc) is 1.31. The van der Waals surface area contributed by atoms with E-state index in [2.05, 4.69) is 11.6 Å². The number of hydrogen-bond donors (Lipinski definition) is 0. The molecule has 0 aliphatic carbocycles. The van der Waals surface area contributed by atoms with Gasteiger partial charge in [0.05, 0.1) is 0 Å². The van der Waals surface area contributed by atoms with Crippen molar-refractivity contribution in [1.82, 2.24) is 0 Å². The molecule has 0 saturated carbocycles. The van der Waals surface area contributed by atoms with E-state index in [4.69, 9.17) is 11.6 Å². The predicted octanol–water partition coefficient (Wildman–Crippen LogP) is 2.45. The Morgan fingerprint density at radius 2 is 1.71 bits per heavy atom. The SMILES string of the molecule is CC(Cl)C(F)(F)Cl. The van der Waals surface area contributed by atoms with Crippen molar-refractivity contribution in [3.63, 3.8) is 0 Å². The van der Waals surface area contributed by atoms with Crippen LogP contribution >= 0.6 is 23.2 Å². The smallest absolute Gasteiger partial charge is 0.187 e. The number of hydrogen-bond acceptors (Lipinski definition) is 0. The lowest BCUT2D eigenvalue weighted by Crippen LogP contribution is -2.17. The van der Waals surface area contributed by atoms with Gasteiger partial charge in [0.15, 0.2) is 0 Å². The summed E-state index contributed by atoms with van der Waals surface area (Å²) < 4.78 is 23.0. The summed E-state index contributed by atoms with van der Waals surface area (Å²) in [5.41, 5.74) is 0. The van der Waals surface area contributed by atoms with Gasteiger partial charge in [-0.15, -0.1) is 11.6 Å². The quantitative estimate of drug-likeness (QED) is 0.502. The third kappa shape index (κ3) is 3.06. The lowest BCUT2D eigenvalue weighted by molar-refractivity contribution is 0.0961. The third-order valence-corrected chi connectivity index (χ3v) is 1.16. The van der Waals surface area contributed by atoms with Gasteiger partial charge in [-0.1, -0.05) is 0 Å². The first-order valence-corrected chi connectivity index (χ1v) is 2.47. The van der Waals surface area contributed by atoms with E-state index in [9.17, 15) is 8.78 Å². The Labute approximate surface area is 50.4 Å². The highest BCUT2D eigenvalue weighted by atomic mass is 35.5. The maximum absolute atomic E-state index is 11.5. The Morgan fingerprint density at radius 3 is 1.71 bits per heavy atom. The van der Waals surface area contributed by atoms with Crippen molar-refractivity contribution in [1.29, 1.82) is 0 Å². The van der Waals surface area contributed by atoms with Crippen LogP contribution < -0.4 is 0 Å². The fraction of sp³-hybridized carbons (Fsp3) is 1.00. The van der Waals surface area contributed by atoms with Gasteiger partial charge < -0.3 is 0 Å². The summed E-state index contributed by atoms with van der Waals surface area (Å²) in [4.78, 5) is 0. The lowest BCUT2D eigenvalue weighted by atomic mass is 10.5. The topological polar surface area (TPSA) is 0 Å². The molecule has 0 aliphatic heterocycles. The highest BCUT2D eigenvalue weighted by Crippen LogP contribution is 2.26. The molecule has 0 saturated heterocycles. The third-order valence-electron chi connectivity index (χ3n) is 0.451. The second-order valence-electron chi connectivity index (χ2n) is 1.16. The average molecular weight is 149 g/mol. The first kappa shape index (κ1) is 7.44. The van der Waals surface area contributed by atoms with E-state index in [-0.39, 0.29) is 0 Å². The van der Waals surface area contributed by atoms with E-state index in [0.29, 0.717) is 0 Å². The van der Waals surface area contributed by atoms with Crippen LogP contribution in [0.25, 0.3) is 0 Å². The molecule has 0 rings (SSSR count). The highest BCUT2D eigenvalue weighted by molar-refractivity contribution is 6.30. The van der Waals surface area contributed by atoms with Gasteiger partial charge >= 0.3 is 5.38 Å². The van der Waals surface area contributed by atoms with Gasteiger partial charge in [0.1, 0.15) is 5.38 Å². The number of alkyl halides is 4. The Hall–Kier alpha value is 0.440. The standard InChI is InChI=1S/C3H4Cl2F2/c1-2(4)3(5,6)7/h2H,1H3.